The van der Waals surface area contributed by atoms with Gasteiger partial charge < -0.3 is 18.9 Å². The van der Waals surface area contributed by atoms with Crippen molar-refractivity contribution in [1.82, 2.24) is 0 Å². The average molecular weight is 781 g/mol. The van der Waals surface area contributed by atoms with E-state index in [0.717, 1.165) is 53.8 Å². The van der Waals surface area contributed by atoms with Gasteiger partial charge >= 0.3 is 0 Å². The third kappa shape index (κ3) is 8.56. The molecule has 6 aromatic carbocycles. The summed E-state index contributed by atoms with van der Waals surface area (Å²) >= 11 is 6.84. The number of ketones is 1. The molecule has 0 aliphatic rings. The Hall–Kier alpha value is -4.53. The van der Waals surface area contributed by atoms with Crippen molar-refractivity contribution in [2.45, 2.75) is 5.79 Å². The molecule has 7 heteroatoms. The molecule has 6 aromatic rings. The van der Waals surface area contributed by atoms with Crippen LogP contribution in [0.4, 0.5) is 0 Å². The summed E-state index contributed by atoms with van der Waals surface area (Å²) in [7, 11) is 6.63. The van der Waals surface area contributed by atoms with Crippen LogP contribution in [0.5, 0.6) is 11.5 Å². The molecule has 5 nitrogen and oxygen atoms in total. The maximum Gasteiger partial charge on any atom is 0.221 e. The van der Waals surface area contributed by atoms with Crippen LogP contribution in [-0.2, 0) is 15.3 Å². The van der Waals surface area contributed by atoms with Crippen molar-refractivity contribution in [3.8, 4) is 33.8 Å². The third-order valence-electron chi connectivity index (χ3n) is 8.16. The van der Waals surface area contributed by atoms with E-state index in [-0.39, 0.29) is 5.78 Å². The number of benzene rings is 6. The molecule has 0 saturated carbocycles. The number of carbonyl (C=O) groups is 1. The molecule has 6 rings (SSSR count). The van der Waals surface area contributed by atoms with Gasteiger partial charge in [0.25, 0.3) is 0 Å². The Morgan fingerprint density at radius 1 is 0.429 bits per heavy atom. The van der Waals surface area contributed by atoms with Gasteiger partial charge in [-0.05, 0) is 82.9 Å². The molecule has 0 unspecified atom stereocenters. The van der Waals surface area contributed by atoms with Crippen LogP contribution < -0.4 is 9.47 Å². The first-order valence-electron chi connectivity index (χ1n) is 15.5. The number of hydrogen-bond acceptors (Lipinski definition) is 5. The Kier molecular flexibility index (Phi) is 12.2. The summed E-state index contributed by atoms with van der Waals surface area (Å²) in [5.74, 6) is 0.757. The van der Waals surface area contributed by atoms with E-state index in [2.05, 4.69) is 44.0 Å². The van der Waals surface area contributed by atoms with Crippen LogP contribution in [0, 0.1) is 0 Å². The molecule has 0 atom stereocenters. The highest BCUT2D eigenvalue weighted by Crippen LogP contribution is 2.36. The minimum Gasteiger partial charge on any atom is -0.497 e. The fraction of sp³-hybridized carbons (Fsp3) is 0.119. The molecule has 0 aromatic heterocycles. The minimum atomic E-state index is -0.945. The van der Waals surface area contributed by atoms with Crippen molar-refractivity contribution in [1.29, 1.82) is 0 Å². The molecular formula is C42H36Br2O5. The van der Waals surface area contributed by atoms with Crippen molar-refractivity contribution < 1.29 is 23.7 Å². The van der Waals surface area contributed by atoms with Crippen molar-refractivity contribution in [2.75, 3.05) is 28.4 Å². The Morgan fingerprint density at radius 2 is 0.714 bits per heavy atom. The molecule has 0 aliphatic heterocycles. The number of methoxy groups -OCH3 is 4. The number of rotatable bonds is 10. The van der Waals surface area contributed by atoms with Gasteiger partial charge in [-0.3, -0.25) is 4.79 Å². The predicted octanol–water partition coefficient (Wildman–Crippen LogP) is 11.0. The lowest BCUT2D eigenvalue weighted by Crippen LogP contribution is -2.32. The summed E-state index contributed by atoms with van der Waals surface area (Å²) in [5, 5.41) is 0. The van der Waals surface area contributed by atoms with Gasteiger partial charge in [-0.2, -0.15) is 0 Å². The van der Waals surface area contributed by atoms with Gasteiger partial charge in [-0.1, -0.05) is 117 Å². The maximum absolute atomic E-state index is 12.5. The fourth-order valence-corrected chi connectivity index (χ4v) is 5.95. The second-order valence-corrected chi connectivity index (χ2v) is 12.8. The highest BCUT2D eigenvalue weighted by Gasteiger charge is 2.34. The molecule has 0 heterocycles. The van der Waals surface area contributed by atoms with E-state index in [9.17, 15) is 4.79 Å². The van der Waals surface area contributed by atoms with Crippen LogP contribution in [0.1, 0.15) is 27.0 Å². The molecule has 0 bridgehead atoms. The smallest absolute Gasteiger partial charge is 0.221 e. The Balaban J connectivity index is 0.000000192. The molecule has 0 spiro atoms. The summed E-state index contributed by atoms with van der Waals surface area (Å²) < 4.78 is 24.0. The average Bonchev–Trinajstić information content (AvgIpc) is 3.17. The first-order chi connectivity index (χ1) is 23.8. The zero-order valence-corrected chi connectivity index (χ0v) is 30.8. The van der Waals surface area contributed by atoms with Crippen LogP contribution in [0.25, 0.3) is 22.3 Å². The largest absolute Gasteiger partial charge is 0.497 e. The van der Waals surface area contributed by atoms with Crippen molar-refractivity contribution >= 4 is 37.6 Å². The van der Waals surface area contributed by atoms with Crippen molar-refractivity contribution in [3.05, 3.63) is 177 Å². The quantitative estimate of drug-likeness (QED) is 0.102. The van der Waals surface area contributed by atoms with Crippen LogP contribution in [0.2, 0.25) is 0 Å². The van der Waals surface area contributed by atoms with E-state index in [1.807, 2.05) is 133 Å². The van der Waals surface area contributed by atoms with E-state index in [0.29, 0.717) is 11.1 Å². The summed E-state index contributed by atoms with van der Waals surface area (Å²) in [5.41, 5.74) is 7.64. The number of carbonyl (C=O) groups excluding carboxylic acids is 1. The minimum absolute atomic E-state index is 0.0266. The number of ether oxygens (including phenoxy) is 4. The Morgan fingerprint density at radius 3 is 1.06 bits per heavy atom. The fourth-order valence-electron chi connectivity index (χ4n) is 5.42. The zero-order valence-electron chi connectivity index (χ0n) is 27.7. The Labute approximate surface area is 304 Å². The molecule has 0 saturated heterocycles. The van der Waals surface area contributed by atoms with Gasteiger partial charge in [0.15, 0.2) is 5.78 Å². The monoisotopic (exact) mass is 778 g/mol. The number of halogens is 2. The topological polar surface area (TPSA) is 54.0 Å². The van der Waals surface area contributed by atoms with Gasteiger partial charge in [0.1, 0.15) is 11.5 Å². The second-order valence-electron chi connectivity index (χ2n) is 11.0. The van der Waals surface area contributed by atoms with Crippen molar-refractivity contribution in [3.63, 3.8) is 0 Å². The SMILES string of the molecule is COc1ccc(-c2ccc(C(=O)c3ccc(Br)cc3)cc2)cc1.COc1ccc(-c2ccc(C(OC)(OC)c3ccc(Br)cc3)cc2)cc1. The van der Waals surface area contributed by atoms with E-state index in [1.165, 1.54) is 0 Å². The van der Waals surface area contributed by atoms with Crippen LogP contribution in [0.3, 0.4) is 0 Å². The normalized spacial score (nSPS) is 10.9. The molecule has 0 amide bonds. The van der Waals surface area contributed by atoms with Crippen LogP contribution >= 0.6 is 31.9 Å². The highest BCUT2D eigenvalue weighted by molar-refractivity contribution is 9.10. The first kappa shape index (κ1) is 35.8. The zero-order chi connectivity index (χ0) is 34.8. The molecule has 0 radical (unpaired) electrons. The third-order valence-corrected chi connectivity index (χ3v) is 9.22. The predicted molar refractivity (Wildman–Crippen MR) is 203 cm³/mol. The van der Waals surface area contributed by atoms with Gasteiger partial charge in [0, 0.05) is 45.4 Å². The van der Waals surface area contributed by atoms with E-state index >= 15 is 0 Å². The van der Waals surface area contributed by atoms with Crippen LogP contribution in [-0.4, -0.2) is 34.2 Å². The van der Waals surface area contributed by atoms with E-state index in [1.54, 1.807) is 28.4 Å². The molecule has 248 valence electrons. The standard InChI is InChI=1S/C22H21BrO3.C20H15BrO2/c1-24-21-14-6-17(7-15-21)16-4-8-18(9-5-16)22(25-2,26-3)19-10-12-20(23)13-11-19;1-23-19-12-8-15(9-13-19)14-2-4-16(5-3-14)20(22)17-6-10-18(21)11-7-17/h4-15H,1-3H3;2-13H,1H3. The van der Waals surface area contributed by atoms with E-state index < -0.39 is 5.79 Å². The van der Waals surface area contributed by atoms with E-state index in [4.69, 9.17) is 18.9 Å². The molecule has 0 aliphatic carbocycles. The van der Waals surface area contributed by atoms with Crippen molar-refractivity contribution in [2.24, 2.45) is 0 Å². The van der Waals surface area contributed by atoms with Gasteiger partial charge in [0.2, 0.25) is 5.79 Å². The summed E-state index contributed by atoms with van der Waals surface area (Å²) in [6.45, 7) is 0. The summed E-state index contributed by atoms with van der Waals surface area (Å²) in [6, 6.07) is 47.1. The maximum atomic E-state index is 12.5. The number of hydrogen-bond donors (Lipinski definition) is 0. The lowest BCUT2D eigenvalue weighted by Gasteiger charge is -2.32. The second kappa shape index (κ2) is 16.7. The van der Waals surface area contributed by atoms with Gasteiger partial charge in [0.05, 0.1) is 14.2 Å². The molecular weight excluding hydrogens is 744 g/mol. The summed E-state index contributed by atoms with van der Waals surface area (Å²) in [6.07, 6.45) is 0. The lowest BCUT2D eigenvalue weighted by molar-refractivity contribution is -0.183. The first-order valence-corrected chi connectivity index (χ1v) is 17.0. The summed E-state index contributed by atoms with van der Waals surface area (Å²) in [4.78, 5) is 12.5. The lowest BCUT2D eigenvalue weighted by atomic mass is 9.95. The van der Waals surface area contributed by atoms with Crippen LogP contribution in [0.15, 0.2) is 155 Å². The Bertz CT molecular complexity index is 1930. The highest BCUT2D eigenvalue weighted by atomic mass is 79.9. The van der Waals surface area contributed by atoms with Gasteiger partial charge in [-0.15, -0.1) is 0 Å². The molecule has 0 fully saturated rings. The van der Waals surface area contributed by atoms with Gasteiger partial charge in [-0.25, -0.2) is 0 Å². The molecule has 49 heavy (non-hydrogen) atoms. The molecule has 0 N–H and O–H groups in total.